The van der Waals surface area contributed by atoms with Crippen molar-refractivity contribution < 1.29 is 0 Å². The van der Waals surface area contributed by atoms with Crippen LogP contribution in [0.1, 0.15) is 24.5 Å². The van der Waals surface area contributed by atoms with Gasteiger partial charge in [-0.1, -0.05) is 85.8 Å². The van der Waals surface area contributed by atoms with Crippen molar-refractivity contribution in [3.05, 3.63) is 151 Å². The molecule has 218 valence electrons. The standard InChI is InChI=1S/C41H34N4/c1-27-9-17-33(18-10-27)45(39-24-12-29(3)26-43-39)37-22-16-31-13-19-34-36(21-15-30-14-20-35(37)41(31)40(30)34)44(32-7-5-4-6-8-32)38-23-11-28(2)25-42-38/h4-9,11-27H,10H2,1-3H3. The Balaban J connectivity index is 1.39. The molecule has 0 amide bonds. The number of allylic oxidation sites excluding steroid dienone is 3. The highest BCUT2D eigenvalue weighted by atomic mass is 15.2. The lowest BCUT2D eigenvalue weighted by Crippen LogP contribution is -2.18. The molecule has 1 aliphatic rings. The molecule has 4 nitrogen and oxygen atoms in total. The van der Waals surface area contributed by atoms with Gasteiger partial charge in [-0.15, -0.1) is 0 Å². The first kappa shape index (κ1) is 27.1. The first-order valence-electron chi connectivity index (χ1n) is 15.6. The molecular formula is C41H34N4. The maximum Gasteiger partial charge on any atom is 0.137 e. The molecule has 0 N–H and O–H groups in total. The molecule has 7 aromatic rings. The molecule has 0 fully saturated rings. The molecule has 0 radical (unpaired) electrons. The number of nitrogens with zero attached hydrogens (tertiary/aromatic N) is 4. The third kappa shape index (κ3) is 4.70. The van der Waals surface area contributed by atoms with Crippen LogP contribution in [-0.4, -0.2) is 9.97 Å². The van der Waals surface area contributed by atoms with Crippen molar-refractivity contribution in [2.75, 3.05) is 9.80 Å². The maximum absolute atomic E-state index is 4.91. The van der Waals surface area contributed by atoms with E-state index in [-0.39, 0.29) is 0 Å². The Labute approximate surface area is 263 Å². The van der Waals surface area contributed by atoms with Crippen LogP contribution in [0.4, 0.5) is 28.7 Å². The first-order chi connectivity index (χ1) is 22.0. The van der Waals surface area contributed by atoms with Crippen molar-refractivity contribution in [3.8, 4) is 0 Å². The Morgan fingerprint density at radius 1 is 0.600 bits per heavy atom. The lowest BCUT2D eigenvalue weighted by atomic mass is 9.91. The smallest absolute Gasteiger partial charge is 0.137 e. The van der Waals surface area contributed by atoms with Crippen LogP contribution in [-0.2, 0) is 0 Å². The molecular weight excluding hydrogens is 548 g/mol. The van der Waals surface area contributed by atoms with E-state index in [1.807, 2.05) is 12.4 Å². The van der Waals surface area contributed by atoms with Gasteiger partial charge < -0.3 is 0 Å². The van der Waals surface area contributed by atoms with Crippen molar-refractivity contribution in [1.29, 1.82) is 0 Å². The van der Waals surface area contributed by atoms with Crippen LogP contribution in [0.15, 0.2) is 139 Å². The van der Waals surface area contributed by atoms with E-state index in [1.54, 1.807) is 0 Å². The number of para-hydroxylation sites is 1. The van der Waals surface area contributed by atoms with E-state index in [1.165, 1.54) is 32.3 Å². The Kier molecular flexibility index (Phi) is 6.57. The lowest BCUT2D eigenvalue weighted by Gasteiger charge is -2.30. The summed E-state index contributed by atoms with van der Waals surface area (Å²) in [5, 5.41) is 7.37. The molecule has 4 heteroatoms. The van der Waals surface area contributed by atoms with Crippen LogP contribution in [0.2, 0.25) is 0 Å². The van der Waals surface area contributed by atoms with E-state index in [4.69, 9.17) is 9.97 Å². The normalized spacial score (nSPS) is 14.7. The highest BCUT2D eigenvalue weighted by Crippen LogP contribution is 2.46. The van der Waals surface area contributed by atoms with Gasteiger partial charge in [0.15, 0.2) is 0 Å². The van der Waals surface area contributed by atoms with Gasteiger partial charge in [0.25, 0.3) is 0 Å². The van der Waals surface area contributed by atoms with E-state index in [0.29, 0.717) is 5.92 Å². The third-order valence-corrected chi connectivity index (χ3v) is 8.92. The zero-order chi connectivity index (χ0) is 30.5. The van der Waals surface area contributed by atoms with Crippen LogP contribution in [0.25, 0.3) is 32.3 Å². The minimum atomic E-state index is 0.525. The number of rotatable bonds is 6. The van der Waals surface area contributed by atoms with Crippen molar-refractivity contribution in [2.45, 2.75) is 27.2 Å². The van der Waals surface area contributed by atoms with Crippen LogP contribution < -0.4 is 9.80 Å². The van der Waals surface area contributed by atoms with Gasteiger partial charge in [-0.05, 0) is 101 Å². The van der Waals surface area contributed by atoms with Crippen LogP contribution in [0.3, 0.4) is 0 Å². The maximum atomic E-state index is 4.91. The van der Waals surface area contributed by atoms with Crippen molar-refractivity contribution in [1.82, 2.24) is 9.97 Å². The predicted molar refractivity (Wildman–Crippen MR) is 189 cm³/mol. The van der Waals surface area contributed by atoms with Gasteiger partial charge in [0.2, 0.25) is 0 Å². The van der Waals surface area contributed by atoms with Crippen LogP contribution >= 0.6 is 0 Å². The van der Waals surface area contributed by atoms with E-state index in [0.717, 1.165) is 51.9 Å². The van der Waals surface area contributed by atoms with Gasteiger partial charge in [0.1, 0.15) is 11.6 Å². The summed E-state index contributed by atoms with van der Waals surface area (Å²) >= 11 is 0. The van der Waals surface area contributed by atoms with Gasteiger partial charge in [0, 0.05) is 34.6 Å². The molecule has 2 heterocycles. The minimum absolute atomic E-state index is 0.525. The number of hydrogen-bond donors (Lipinski definition) is 0. The molecule has 0 spiro atoms. The van der Waals surface area contributed by atoms with E-state index in [2.05, 4.69) is 152 Å². The summed E-state index contributed by atoms with van der Waals surface area (Å²) in [6.07, 6.45) is 11.8. The van der Waals surface area contributed by atoms with Gasteiger partial charge in [0.05, 0.1) is 11.4 Å². The Morgan fingerprint density at radius 2 is 1.16 bits per heavy atom. The Hall–Kier alpha value is -5.48. The Bertz CT molecular complexity index is 2210. The summed E-state index contributed by atoms with van der Waals surface area (Å²) in [5.41, 5.74) is 6.75. The van der Waals surface area contributed by atoms with Crippen LogP contribution in [0.5, 0.6) is 0 Å². The molecule has 8 rings (SSSR count). The second-order valence-electron chi connectivity index (χ2n) is 12.2. The second kappa shape index (κ2) is 10.9. The zero-order valence-corrected chi connectivity index (χ0v) is 25.8. The number of benzene rings is 5. The molecule has 2 aromatic heterocycles. The van der Waals surface area contributed by atoms with Gasteiger partial charge >= 0.3 is 0 Å². The average molecular weight is 583 g/mol. The third-order valence-electron chi connectivity index (χ3n) is 8.92. The monoisotopic (exact) mass is 582 g/mol. The van der Waals surface area contributed by atoms with Gasteiger partial charge in [-0.25, -0.2) is 9.97 Å². The lowest BCUT2D eigenvalue weighted by molar-refractivity contribution is 0.728. The van der Waals surface area contributed by atoms with E-state index in [9.17, 15) is 0 Å². The van der Waals surface area contributed by atoms with Crippen molar-refractivity contribution in [3.63, 3.8) is 0 Å². The molecule has 45 heavy (non-hydrogen) atoms. The first-order valence-corrected chi connectivity index (χ1v) is 15.6. The van der Waals surface area contributed by atoms with Gasteiger partial charge in [-0.3, -0.25) is 9.80 Å². The second-order valence-corrected chi connectivity index (χ2v) is 12.2. The zero-order valence-electron chi connectivity index (χ0n) is 25.8. The summed E-state index contributed by atoms with van der Waals surface area (Å²) in [4.78, 5) is 14.4. The van der Waals surface area contributed by atoms with Gasteiger partial charge in [-0.2, -0.15) is 0 Å². The van der Waals surface area contributed by atoms with Crippen LogP contribution in [0, 0.1) is 19.8 Å². The molecule has 5 aromatic carbocycles. The summed E-state index contributed by atoms with van der Waals surface area (Å²) in [5.74, 6) is 2.34. The van der Waals surface area contributed by atoms with E-state index >= 15 is 0 Å². The topological polar surface area (TPSA) is 32.3 Å². The highest BCUT2D eigenvalue weighted by molar-refractivity contribution is 6.28. The fourth-order valence-electron chi connectivity index (χ4n) is 6.59. The predicted octanol–water partition coefficient (Wildman–Crippen LogP) is 11.1. The summed E-state index contributed by atoms with van der Waals surface area (Å²) in [6, 6.07) is 37.1. The molecule has 1 unspecified atom stereocenters. The summed E-state index contributed by atoms with van der Waals surface area (Å²) in [6.45, 7) is 6.42. The summed E-state index contributed by atoms with van der Waals surface area (Å²) < 4.78 is 0. The number of aryl methyl sites for hydroxylation is 2. The minimum Gasteiger partial charge on any atom is -0.295 e. The quantitative estimate of drug-likeness (QED) is 0.183. The highest BCUT2D eigenvalue weighted by Gasteiger charge is 2.23. The molecule has 0 bridgehead atoms. The fraction of sp³-hybridized carbons (Fsp3) is 0.122. The van der Waals surface area contributed by atoms with Crippen molar-refractivity contribution >= 4 is 61.0 Å². The molecule has 0 saturated carbocycles. The fourth-order valence-corrected chi connectivity index (χ4v) is 6.59. The molecule has 1 aliphatic carbocycles. The molecule has 0 saturated heterocycles. The van der Waals surface area contributed by atoms with E-state index < -0.39 is 0 Å². The average Bonchev–Trinajstić information content (AvgIpc) is 3.08. The summed E-state index contributed by atoms with van der Waals surface area (Å²) in [7, 11) is 0. The van der Waals surface area contributed by atoms with Crippen molar-refractivity contribution in [2.24, 2.45) is 5.92 Å². The number of pyridine rings is 2. The largest absolute Gasteiger partial charge is 0.295 e. The number of anilines is 5. The molecule has 0 aliphatic heterocycles. The number of aromatic nitrogens is 2. The molecule has 1 atom stereocenters. The number of hydrogen-bond acceptors (Lipinski definition) is 4. The Morgan fingerprint density at radius 3 is 1.69 bits per heavy atom. The SMILES string of the molecule is Cc1ccc(N(C2=CCC(C)C=C2)c2ccc3ccc4c(N(c5ccccc5)c5ccc(C)cn5)ccc5ccc2c3c54)nc1.